The summed E-state index contributed by atoms with van der Waals surface area (Å²) >= 11 is 24.6. The summed E-state index contributed by atoms with van der Waals surface area (Å²) in [5.41, 5.74) is -1.73. The molecule has 15 heteroatoms. The quantitative estimate of drug-likeness (QED) is 0.218. The van der Waals surface area contributed by atoms with Gasteiger partial charge in [0, 0.05) is 20.1 Å². The smallest absolute Gasteiger partial charge is 0.338 e. The summed E-state index contributed by atoms with van der Waals surface area (Å²) in [5.74, 6) is -6.10. The molecule has 0 aromatic heterocycles. The molecule has 0 saturated carbocycles. The second-order valence-corrected chi connectivity index (χ2v) is 15.6. The summed E-state index contributed by atoms with van der Waals surface area (Å²) in [5, 5.41) is 10.2. The lowest BCUT2D eigenvalue weighted by Gasteiger charge is -2.34. The Labute approximate surface area is 286 Å². The maximum absolute atomic E-state index is 14.4. The Hall–Kier alpha value is -3.06. The fraction of sp³-hybridized carbons (Fsp3) is 0.226. The van der Waals surface area contributed by atoms with E-state index in [9.17, 15) is 31.5 Å². The molecular weight excluding hydrogens is 722 g/mol. The van der Waals surface area contributed by atoms with Crippen LogP contribution in [-0.2, 0) is 38.7 Å². The third-order valence-electron chi connectivity index (χ3n) is 7.00. The van der Waals surface area contributed by atoms with Crippen LogP contribution in [0, 0.1) is 0 Å². The molecule has 3 aromatic rings. The van der Waals surface area contributed by atoms with Gasteiger partial charge in [0.15, 0.2) is 19.7 Å². The van der Waals surface area contributed by atoms with Crippen molar-refractivity contribution in [2.45, 2.75) is 34.8 Å². The molecule has 244 valence electrons. The van der Waals surface area contributed by atoms with Gasteiger partial charge in [-0.3, -0.25) is 0 Å². The lowest BCUT2D eigenvalue weighted by Crippen LogP contribution is -2.40. The van der Waals surface area contributed by atoms with Crippen LogP contribution in [0.25, 0.3) is 0 Å². The van der Waals surface area contributed by atoms with E-state index in [2.05, 4.69) is 0 Å². The summed E-state index contributed by atoms with van der Waals surface area (Å²) in [7, 11) is -9.25. The predicted molar refractivity (Wildman–Crippen MR) is 175 cm³/mol. The van der Waals surface area contributed by atoms with E-state index in [-0.39, 0.29) is 48.7 Å². The van der Waals surface area contributed by atoms with Crippen LogP contribution in [0.2, 0.25) is 20.1 Å². The van der Waals surface area contributed by atoms with Gasteiger partial charge in [0.05, 0.1) is 45.8 Å². The van der Waals surface area contributed by atoms with Gasteiger partial charge in [-0.2, -0.15) is 0 Å². The topological polar surface area (TPSA) is 141 Å². The minimum Gasteiger partial charge on any atom is -0.510 e. The Morgan fingerprint density at radius 2 is 1.20 bits per heavy atom. The standard InChI is InChI=1S/C31H26Cl4O9S2/c1-3-43-30(37)26-23(16-45(39,40)20-10-5-17(32)6-11-20)29(46(41,42)21-12-7-18(33)8-13-21)28(36)27(31(38)44-4-2)25(26)22-14-9-19(34)15-24(22)35/h5-15,25,29,36H,3-4,16H2,1-2H3/t25-,29+/m0/s1. The predicted octanol–water partition coefficient (Wildman–Crippen LogP) is 6.95. The Morgan fingerprint density at radius 3 is 1.70 bits per heavy atom. The van der Waals surface area contributed by atoms with E-state index in [0.29, 0.717) is 0 Å². The zero-order chi connectivity index (χ0) is 34.0. The van der Waals surface area contributed by atoms with E-state index in [1.54, 1.807) is 0 Å². The van der Waals surface area contributed by atoms with Crippen molar-refractivity contribution in [1.29, 1.82) is 0 Å². The number of hydrogen-bond acceptors (Lipinski definition) is 9. The molecule has 0 unspecified atom stereocenters. The first-order chi connectivity index (χ1) is 21.6. The molecule has 1 aliphatic rings. The molecule has 0 radical (unpaired) electrons. The number of ether oxygens (including phenoxy) is 2. The second-order valence-electron chi connectivity index (χ2n) is 9.87. The van der Waals surface area contributed by atoms with Gasteiger partial charge < -0.3 is 14.6 Å². The van der Waals surface area contributed by atoms with Gasteiger partial charge in [-0.15, -0.1) is 0 Å². The van der Waals surface area contributed by atoms with E-state index in [1.165, 1.54) is 68.4 Å². The van der Waals surface area contributed by atoms with E-state index in [0.717, 1.165) is 12.1 Å². The van der Waals surface area contributed by atoms with Crippen LogP contribution in [0.3, 0.4) is 0 Å². The van der Waals surface area contributed by atoms with E-state index >= 15 is 0 Å². The molecule has 2 atom stereocenters. The third kappa shape index (κ3) is 7.25. The molecule has 0 bridgehead atoms. The van der Waals surface area contributed by atoms with Crippen LogP contribution in [0.1, 0.15) is 25.3 Å². The molecule has 1 aliphatic carbocycles. The first-order valence-corrected chi connectivity index (χ1v) is 18.3. The van der Waals surface area contributed by atoms with Crippen LogP contribution in [0.15, 0.2) is 99.0 Å². The molecule has 0 spiro atoms. The van der Waals surface area contributed by atoms with Gasteiger partial charge in [0.1, 0.15) is 11.0 Å². The van der Waals surface area contributed by atoms with Crippen molar-refractivity contribution in [3.8, 4) is 0 Å². The highest BCUT2D eigenvalue weighted by atomic mass is 35.5. The molecule has 9 nitrogen and oxygen atoms in total. The van der Waals surface area contributed by atoms with Crippen LogP contribution < -0.4 is 0 Å². The summed E-state index contributed by atoms with van der Waals surface area (Å²) in [6.07, 6.45) is 0. The molecule has 0 amide bonds. The number of benzene rings is 3. The van der Waals surface area contributed by atoms with Crippen LogP contribution in [0.5, 0.6) is 0 Å². The molecule has 46 heavy (non-hydrogen) atoms. The van der Waals surface area contributed by atoms with Crippen molar-refractivity contribution in [2.24, 2.45) is 0 Å². The number of carbonyl (C=O) groups is 2. The fourth-order valence-corrected chi connectivity index (χ4v) is 9.16. The van der Waals surface area contributed by atoms with Gasteiger partial charge >= 0.3 is 11.9 Å². The van der Waals surface area contributed by atoms with Crippen molar-refractivity contribution in [3.05, 3.63) is 115 Å². The zero-order valence-electron chi connectivity index (χ0n) is 24.2. The highest BCUT2D eigenvalue weighted by Gasteiger charge is 2.50. The highest BCUT2D eigenvalue weighted by Crippen LogP contribution is 2.48. The maximum atomic E-state index is 14.4. The second kappa shape index (κ2) is 14.4. The van der Waals surface area contributed by atoms with E-state index in [1.807, 2.05) is 0 Å². The molecule has 1 N–H and O–H groups in total. The first-order valence-electron chi connectivity index (χ1n) is 13.6. The lowest BCUT2D eigenvalue weighted by molar-refractivity contribution is -0.139. The van der Waals surface area contributed by atoms with Crippen LogP contribution in [-0.4, -0.2) is 58.1 Å². The van der Waals surface area contributed by atoms with Gasteiger partial charge in [-0.05, 0) is 85.6 Å². The lowest BCUT2D eigenvalue weighted by atomic mass is 9.76. The minimum absolute atomic E-state index is 0.0208. The Morgan fingerprint density at radius 1 is 0.717 bits per heavy atom. The molecule has 0 fully saturated rings. The summed E-state index contributed by atoms with van der Waals surface area (Å²) in [6.45, 7) is 2.56. The van der Waals surface area contributed by atoms with Crippen molar-refractivity contribution in [1.82, 2.24) is 0 Å². The van der Waals surface area contributed by atoms with Crippen molar-refractivity contribution in [3.63, 3.8) is 0 Å². The van der Waals surface area contributed by atoms with Crippen LogP contribution in [0.4, 0.5) is 0 Å². The van der Waals surface area contributed by atoms with E-state index in [4.69, 9.17) is 55.9 Å². The number of aliphatic hydroxyl groups is 1. The average Bonchev–Trinajstić information content (AvgIpc) is 2.97. The Balaban J connectivity index is 2.17. The summed E-state index contributed by atoms with van der Waals surface area (Å²) in [6, 6.07) is 14.0. The summed E-state index contributed by atoms with van der Waals surface area (Å²) in [4.78, 5) is 26.8. The van der Waals surface area contributed by atoms with Crippen LogP contribution >= 0.6 is 46.4 Å². The maximum Gasteiger partial charge on any atom is 0.338 e. The van der Waals surface area contributed by atoms with E-state index < -0.39 is 71.0 Å². The molecule has 0 saturated heterocycles. The Bertz CT molecular complexity index is 1950. The third-order valence-corrected chi connectivity index (χ3v) is 11.8. The van der Waals surface area contributed by atoms with Gasteiger partial charge in [0.25, 0.3) is 0 Å². The number of carbonyl (C=O) groups excluding carboxylic acids is 2. The van der Waals surface area contributed by atoms with Gasteiger partial charge in [-0.25, -0.2) is 26.4 Å². The number of hydrogen-bond donors (Lipinski definition) is 1. The number of halogens is 4. The number of rotatable bonds is 10. The normalized spacial score (nSPS) is 17.2. The first kappa shape index (κ1) is 35.8. The summed E-state index contributed by atoms with van der Waals surface area (Å²) < 4.78 is 67.0. The SMILES string of the molecule is CCOC(=O)C1=C(O)[C@H](S(=O)(=O)c2ccc(Cl)cc2)C(CS(=O)(=O)c2ccc(Cl)cc2)=C(C(=O)OCC)[C@@H]1c1ccc(Cl)cc1Cl. The Kier molecular flexibility index (Phi) is 11.2. The van der Waals surface area contributed by atoms with Gasteiger partial charge in [-0.1, -0.05) is 52.5 Å². The minimum atomic E-state index is -4.80. The van der Waals surface area contributed by atoms with Crippen molar-refractivity contribution < 1.29 is 41.0 Å². The number of aliphatic hydroxyl groups excluding tert-OH is 1. The van der Waals surface area contributed by atoms with Crippen molar-refractivity contribution in [2.75, 3.05) is 19.0 Å². The van der Waals surface area contributed by atoms with Crippen molar-refractivity contribution >= 4 is 78.0 Å². The van der Waals surface area contributed by atoms with Gasteiger partial charge in [0.2, 0.25) is 0 Å². The highest BCUT2D eigenvalue weighted by molar-refractivity contribution is 7.93. The zero-order valence-corrected chi connectivity index (χ0v) is 28.8. The molecule has 4 rings (SSSR count). The molecule has 0 heterocycles. The number of esters is 2. The fourth-order valence-electron chi connectivity index (χ4n) is 5.04. The molecular formula is C31H26Cl4O9S2. The average molecular weight is 748 g/mol. The monoisotopic (exact) mass is 746 g/mol. The molecule has 3 aromatic carbocycles. The number of sulfone groups is 2. The largest absolute Gasteiger partial charge is 0.510 e. The molecule has 0 aliphatic heterocycles.